The third-order valence-corrected chi connectivity index (χ3v) is 5.16. The zero-order valence-electron chi connectivity index (χ0n) is 13.1. The highest BCUT2D eigenvalue weighted by Crippen LogP contribution is 2.13. The van der Waals surface area contributed by atoms with E-state index in [0.717, 1.165) is 17.0 Å². The number of hydrogen-bond donors (Lipinski definition) is 3. The van der Waals surface area contributed by atoms with E-state index in [0.29, 0.717) is 24.6 Å². The summed E-state index contributed by atoms with van der Waals surface area (Å²) in [4.78, 5) is 9.53. The van der Waals surface area contributed by atoms with Gasteiger partial charge in [0.25, 0.3) is 0 Å². The van der Waals surface area contributed by atoms with Gasteiger partial charge in [0.1, 0.15) is 11.6 Å². The van der Waals surface area contributed by atoms with Crippen LogP contribution in [0.1, 0.15) is 28.9 Å². The lowest BCUT2D eigenvalue weighted by molar-refractivity contribution is -0.689. The number of anilines is 1. The summed E-state index contributed by atoms with van der Waals surface area (Å²) >= 11 is 5.49. The molecule has 2 aromatic rings. The minimum Gasteiger partial charge on any atom is -0.396 e. The number of hydrogen-bond acceptors (Lipinski definition) is 7. The highest BCUT2D eigenvalue weighted by molar-refractivity contribution is 8.68. The summed E-state index contributed by atoms with van der Waals surface area (Å²) < 4.78 is 2.11. The van der Waals surface area contributed by atoms with E-state index in [-0.39, 0.29) is 6.61 Å². The van der Waals surface area contributed by atoms with Crippen LogP contribution < -0.4 is 10.3 Å². The quantitative estimate of drug-likeness (QED) is 0.433. The van der Waals surface area contributed by atoms with Crippen molar-refractivity contribution < 1.29 is 9.67 Å². The van der Waals surface area contributed by atoms with E-state index in [9.17, 15) is 0 Å². The molecule has 0 bridgehead atoms. The first-order valence-electron chi connectivity index (χ1n) is 6.95. The van der Waals surface area contributed by atoms with Crippen LogP contribution in [0.3, 0.4) is 0 Å². The first-order valence-corrected chi connectivity index (χ1v) is 9.86. The molecule has 2 heterocycles. The average molecular weight is 360 g/mol. The Bertz CT molecular complexity index is 587. The molecule has 0 radical (unpaired) electrons. The molecule has 0 amide bonds. The molecule has 8 heteroatoms. The molecule has 0 atom stereocenters. The zero-order chi connectivity index (χ0) is 16.5. The van der Waals surface area contributed by atoms with E-state index < -0.39 is 0 Å². The van der Waals surface area contributed by atoms with E-state index in [1.807, 2.05) is 19.4 Å². The van der Waals surface area contributed by atoms with Crippen molar-refractivity contribution in [2.24, 2.45) is 0 Å². The van der Waals surface area contributed by atoms with E-state index in [1.165, 1.54) is 4.88 Å². The highest BCUT2D eigenvalue weighted by atomic mass is 33.1. The van der Waals surface area contributed by atoms with E-state index >= 15 is 0 Å². The van der Waals surface area contributed by atoms with Crippen molar-refractivity contribution in [2.75, 3.05) is 18.1 Å². The summed E-state index contributed by atoms with van der Waals surface area (Å²) in [5.41, 5.74) is 10.0. The number of aliphatic hydroxyl groups excluding tert-OH is 1. The minimum absolute atomic E-state index is 0.178. The summed E-state index contributed by atoms with van der Waals surface area (Å²) in [5, 5.41) is 8.98. The van der Waals surface area contributed by atoms with Crippen molar-refractivity contribution in [3.05, 3.63) is 33.7 Å². The summed E-state index contributed by atoms with van der Waals surface area (Å²) in [6.45, 7) is 6.78. The normalized spacial score (nSPS) is 10.2. The molecule has 122 valence electrons. The first-order chi connectivity index (χ1) is 10.5. The van der Waals surface area contributed by atoms with Crippen molar-refractivity contribution in [1.29, 1.82) is 0 Å². The van der Waals surface area contributed by atoms with E-state index in [4.69, 9.17) is 10.8 Å². The molecule has 2 aromatic heterocycles. The number of aromatic nitrogens is 3. The number of aliphatic hydroxyl groups is 1. The molecule has 2 rings (SSSR count). The smallest absolute Gasteiger partial charge is 0.225 e. The maximum absolute atomic E-state index is 8.98. The lowest BCUT2D eigenvalue weighted by atomic mass is 10.2. The van der Waals surface area contributed by atoms with Crippen molar-refractivity contribution in [2.45, 2.75) is 33.7 Å². The van der Waals surface area contributed by atoms with Crippen LogP contribution in [-0.2, 0) is 13.0 Å². The highest BCUT2D eigenvalue weighted by Gasteiger charge is 2.16. The van der Waals surface area contributed by atoms with Crippen LogP contribution in [0, 0.1) is 13.8 Å². The maximum atomic E-state index is 8.98. The number of nitrogens with two attached hydrogens (primary N) is 1. The van der Waals surface area contributed by atoms with Crippen LogP contribution in [0.5, 0.6) is 0 Å². The van der Waals surface area contributed by atoms with Crippen LogP contribution in [0.4, 0.5) is 5.82 Å². The fraction of sp³-hybridized carbons (Fsp3) is 0.500. The van der Waals surface area contributed by atoms with Crippen LogP contribution in [0.25, 0.3) is 0 Å². The Kier molecular flexibility index (Phi) is 8.77. The monoisotopic (exact) mass is 359 g/mol. The Morgan fingerprint density at radius 3 is 2.68 bits per heavy atom. The van der Waals surface area contributed by atoms with Gasteiger partial charge in [-0.15, -0.1) is 11.7 Å². The molecule has 0 spiro atoms. The van der Waals surface area contributed by atoms with Gasteiger partial charge < -0.3 is 10.8 Å². The SMILES string of the molecule is CCSS.Cc1ncc(C[n+]2csc(CCO)c2C)c(N)n1. The number of thiol groups is 1. The predicted octanol–water partition coefficient (Wildman–Crippen LogP) is 2.19. The summed E-state index contributed by atoms with van der Waals surface area (Å²) in [6, 6.07) is 0. The van der Waals surface area contributed by atoms with Crippen molar-refractivity contribution >= 4 is 39.6 Å². The zero-order valence-corrected chi connectivity index (χ0v) is 15.6. The third kappa shape index (κ3) is 5.75. The average Bonchev–Trinajstić information content (AvgIpc) is 2.84. The molecule has 0 aliphatic carbocycles. The number of thiazole rings is 1. The van der Waals surface area contributed by atoms with Gasteiger partial charge in [0.2, 0.25) is 5.51 Å². The third-order valence-electron chi connectivity index (χ3n) is 2.98. The van der Waals surface area contributed by atoms with Crippen molar-refractivity contribution in [3.63, 3.8) is 0 Å². The van der Waals surface area contributed by atoms with Gasteiger partial charge >= 0.3 is 0 Å². The van der Waals surface area contributed by atoms with Gasteiger partial charge in [0.05, 0.1) is 10.4 Å². The predicted molar refractivity (Wildman–Crippen MR) is 97.4 cm³/mol. The van der Waals surface area contributed by atoms with Gasteiger partial charge in [-0.2, -0.15) is 4.57 Å². The second-order valence-corrected chi connectivity index (χ2v) is 7.13. The molecule has 3 N–H and O–H groups in total. The minimum atomic E-state index is 0.178. The fourth-order valence-electron chi connectivity index (χ4n) is 1.77. The Morgan fingerprint density at radius 2 is 2.14 bits per heavy atom. The van der Waals surface area contributed by atoms with Crippen LogP contribution >= 0.6 is 33.8 Å². The lowest BCUT2D eigenvalue weighted by Crippen LogP contribution is -2.35. The van der Waals surface area contributed by atoms with Gasteiger partial charge in [-0.05, 0) is 6.92 Å². The van der Waals surface area contributed by atoms with E-state index in [2.05, 4.69) is 33.1 Å². The standard InChI is InChI=1S/C12H17N4OS.C2H6S2/c1-8-11(3-4-17)18-7-16(8)6-10-5-14-9(2)15-12(10)13;1-2-4-3/h5,7,17H,3-4,6H2,1-2H3,(H2,13,14,15);3H,2H2,1H3/q+1;. The maximum Gasteiger partial charge on any atom is 0.225 e. The molecule has 0 aliphatic rings. The summed E-state index contributed by atoms with van der Waals surface area (Å²) in [5.74, 6) is 2.32. The summed E-state index contributed by atoms with van der Waals surface area (Å²) in [6.07, 6.45) is 2.47. The number of nitrogens with zero attached hydrogens (tertiary/aromatic N) is 3. The Morgan fingerprint density at radius 1 is 1.45 bits per heavy atom. The molecular weight excluding hydrogens is 336 g/mol. The Hall–Kier alpha value is -0.830. The van der Waals surface area contributed by atoms with Gasteiger partial charge in [-0.1, -0.05) is 29.1 Å². The molecule has 0 aliphatic heterocycles. The molecule has 0 saturated carbocycles. The van der Waals surface area contributed by atoms with Gasteiger partial charge in [-0.3, -0.25) is 0 Å². The molecule has 0 aromatic carbocycles. The number of nitrogen functional groups attached to an aromatic ring is 1. The van der Waals surface area contributed by atoms with Crippen molar-refractivity contribution in [3.8, 4) is 0 Å². The second-order valence-electron chi connectivity index (χ2n) is 4.58. The van der Waals surface area contributed by atoms with Crippen LogP contribution in [0.2, 0.25) is 0 Å². The largest absolute Gasteiger partial charge is 0.396 e. The van der Waals surface area contributed by atoms with Crippen LogP contribution in [-0.4, -0.2) is 27.4 Å². The van der Waals surface area contributed by atoms with Gasteiger partial charge in [0, 0.05) is 31.9 Å². The van der Waals surface area contributed by atoms with E-state index in [1.54, 1.807) is 28.3 Å². The molecule has 22 heavy (non-hydrogen) atoms. The Labute approximate surface area is 144 Å². The number of aryl methyl sites for hydroxylation is 1. The summed E-state index contributed by atoms with van der Waals surface area (Å²) in [7, 11) is 1.55. The number of rotatable bonds is 5. The van der Waals surface area contributed by atoms with Gasteiger partial charge in [-0.25, -0.2) is 9.97 Å². The first kappa shape index (κ1) is 19.2. The Balaban J connectivity index is 0.000000541. The molecule has 0 saturated heterocycles. The topological polar surface area (TPSA) is 75.9 Å². The lowest BCUT2D eigenvalue weighted by Gasteiger charge is -2.01. The van der Waals surface area contributed by atoms with Crippen LogP contribution in [0.15, 0.2) is 11.7 Å². The molecule has 0 fully saturated rings. The molecular formula is C14H23N4OS3+. The second kappa shape index (κ2) is 10.0. The fourth-order valence-corrected chi connectivity index (χ4v) is 2.75. The molecule has 5 nitrogen and oxygen atoms in total. The van der Waals surface area contributed by atoms with Gasteiger partial charge in [0.15, 0.2) is 12.2 Å². The van der Waals surface area contributed by atoms with Crippen molar-refractivity contribution in [1.82, 2.24) is 9.97 Å². The molecule has 0 unspecified atom stereocenters.